The summed E-state index contributed by atoms with van der Waals surface area (Å²) in [5.41, 5.74) is -0.572. The highest BCUT2D eigenvalue weighted by molar-refractivity contribution is 5.95. The molecule has 1 aromatic rings. The van der Waals surface area contributed by atoms with E-state index in [0.29, 0.717) is 5.92 Å². The highest BCUT2D eigenvalue weighted by atomic mass is 19.1. The number of hydrogen-bond acceptors (Lipinski definition) is 3. The first-order chi connectivity index (χ1) is 8.49. The number of nitrogens with one attached hydrogen (secondary N) is 1. The molecular weight excluding hydrogens is 239 g/mol. The van der Waals surface area contributed by atoms with Crippen LogP contribution in [0.3, 0.4) is 0 Å². The van der Waals surface area contributed by atoms with E-state index in [9.17, 15) is 19.3 Å². The van der Waals surface area contributed by atoms with Gasteiger partial charge in [0, 0.05) is 17.7 Å². The van der Waals surface area contributed by atoms with Gasteiger partial charge in [-0.15, -0.1) is 0 Å². The van der Waals surface area contributed by atoms with E-state index in [-0.39, 0.29) is 11.6 Å². The molecule has 0 bridgehead atoms. The molecule has 0 heterocycles. The molecule has 18 heavy (non-hydrogen) atoms. The van der Waals surface area contributed by atoms with Crippen LogP contribution in [0.25, 0.3) is 0 Å². The van der Waals surface area contributed by atoms with E-state index >= 15 is 0 Å². The van der Waals surface area contributed by atoms with E-state index in [1.165, 1.54) is 6.07 Å². The molecule has 2 rings (SSSR count). The molecule has 1 fully saturated rings. The van der Waals surface area contributed by atoms with Crippen LogP contribution in [0.5, 0.6) is 0 Å². The maximum Gasteiger partial charge on any atom is 0.305 e. The Labute approximate surface area is 103 Å². The Hall–Kier alpha value is -1.98. The average Bonchev–Trinajstić information content (AvgIpc) is 3.12. The van der Waals surface area contributed by atoms with Gasteiger partial charge < -0.3 is 5.32 Å². The molecule has 1 aliphatic rings. The normalized spacial score (nSPS) is 16.1. The fourth-order valence-corrected chi connectivity index (χ4v) is 1.80. The van der Waals surface area contributed by atoms with E-state index < -0.39 is 22.3 Å². The third-order valence-corrected chi connectivity index (χ3v) is 3.09. The molecule has 1 saturated carbocycles. The Bertz CT molecular complexity index is 500. The van der Waals surface area contributed by atoms with Crippen LogP contribution < -0.4 is 5.32 Å². The van der Waals surface area contributed by atoms with Crippen LogP contribution in [0.2, 0.25) is 0 Å². The highest BCUT2D eigenvalue weighted by Crippen LogP contribution is 2.32. The van der Waals surface area contributed by atoms with Gasteiger partial charge in [0.2, 0.25) is 5.82 Å². The first-order valence-electron chi connectivity index (χ1n) is 5.74. The fourth-order valence-electron chi connectivity index (χ4n) is 1.80. The molecule has 1 aromatic carbocycles. The van der Waals surface area contributed by atoms with Crippen LogP contribution >= 0.6 is 0 Å². The molecule has 0 aliphatic heterocycles. The summed E-state index contributed by atoms with van der Waals surface area (Å²) in [5, 5.41) is 13.3. The number of nitrogens with zero attached hydrogens (tertiary/aromatic N) is 1. The molecule has 0 spiro atoms. The fraction of sp³-hybridized carbons (Fsp3) is 0.417. The highest BCUT2D eigenvalue weighted by Gasteiger charge is 2.29. The molecular formula is C12H13FN2O3. The largest absolute Gasteiger partial charge is 0.349 e. The monoisotopic (exact) mass is 252 g/mol. The maximum atomic E-state index is 13.1. The zero-order valence-corrected chi connectivity index (χ0v) is 9.85. The quantitative estimate of drug-likeness (QED) is 0.660. The Kier molecular flexibility index (Phi) is 3.27. The number of benzene rings is 1. The van der Waals surface area contributed by atoms with Crippen LogP contribution in [-0.4, -0.2) is 16.9 Å². The lowest BCUT2D eigenvalue weighted by Gasteiger charge is -2.12. The molecule has 1 amide bonds. The second-order valence-corrected chi connectivity index (χ2v) is 4.52. The van der Waals surface area contributed by atoms with E-state index in [2.05, 4.69) is 5.32 Å². The van der Waals surface area contributed by atoms with Crippen molar-refractivity contribution in [2.75, 3.05) is 0 Å². The van der Waals surface area contributed by atoms with Crippen LogP contribution in [-0.2, 0) is 0 Å². The first-order valence-corrected chi connectivity index (χ1v) is 5.74. The number of hydrogen-bond donors (Lipinski definition) is 1. The van der Waals surface area contributed by atoms with Crippen LogP contribution in [0.1, 0.15) is 30.1 Å². The minimum absolute atomic E-state index is 0.0432. The molecule has 1 aliphatic carbocycles. The minimum atomic E-state index is -0.938. The Morgan fingerprint density at radius 2 is 2.22 bits per heavy atom. The summed E-state index contributed by atoms with van der Waals surface area (Å²) in [4.78, 5) is 21.6. The molecule has 6 heteroatoms. The lowest BCUT2D eigenvalue weighted by atomic mass is 10.1. The number of nitro benzene ring substituents is 1. The van der Waals surface area contributed by atoms with Crippen molar-refractivity contribution >= 4 is 11.6 Å². The number of nitro groups is 1. The molecule has 1 atom stereocenters. The Morgan fingerprint density at radius 3 is 2.78 bits per heavy atom. The lowest BCUT2D eigenvalue weighted by Crippen LogP contribution is -2.34. The zero-order chi connectivity index (χ0) is 13.3. The second kappa shape index (κ2) is 4.72. The number of carbonyl (C=O) groups is 1. The summed E-state index contributed by atoms with van der Waals surface area (Å²) in [6, 6.07) is 3.19. The number of rotatable bonds is 4. The van der Waals surface area contributed by atoms with Gasteiger partial charge in [-0.3, -0.25) is 14.9 Å². The van der Waals surface area contributed by atoms with Crippen molar-refractivity contribution in [1.82, 2.24) is 5.32 Å². The summed E-state index contributed by atoms with van der Waals surface area (Å²) >= 11 is 0. The van der Waals surface area contributed by atoms with Gasteiger partial charge in [-0.1, -0.05) is 0 Å². The van der Waals surface area contributed by atoms with Crippen molar-refractivity contribution < 1.29 is 14.1 Å². The van der Waals surface area contributed by atoms with Crippen LogP contribution in [0.4, 0.5) is 10.1 Å². The van der Waals surface area contributed by atoms with Gasteiger partial charge in [0.25, 0.3) is 5.91 Å². The third-order valence-electron chi connectivity index (χ3n) is 3.09. The summed E-state index contributed by atoms with van der Waals surface area (Å²) < 4.78 is 13.1. The van der Waals surface area contributed by atoms with Crippen molar-refractivity contribution in [2.45, 2.75) is 25.8 Å². The molecule has 1 N–H and O–H groups in total. The molecule has 96 valence electrons. The predicted octanol–water partition coefficient (Wildman–Crippen LogP) is 2.26. The van der Waals surface area contributed by atoms with Gasteiger partial charge in [0.15, 0.2) is 0 Å². The Balaban J connectivity index is 2.14. The number of halogens is 1. The summed E-state index contributed by atoms with van der Waals surface area (Å²) in [7, 11) is 0. The summed E-state index contributed by atoms with van der Waals surface area (Å²) in [6.07, 6.45) is 2.18. The smallest absolute Gasteiger partial charge is 0.305 e. The van der Waals surface area contributed by atoms with Gasteiger partial charge in [-0.25, -0.2) is 0 Å². The summed E-state index contributed by atoms with van der Waals surface area (Å²) in [5.74, 6) is -0.853. The standard InChI is InChI=1S/C12H13FN2O3/c1-7(8-2-3-8)14-12(16)9-4-5-10(13)11(6-9)15(17)18/h4-8H,2-3H2,1H3,(H,14,16). The van der Waals surface area contributed by atoms with E-state index in [4.69, 9.17) is 0 Å². The van der Waals surface area contributed by atoms with Crippen LogP contribution in [0.15, 0.2) is 18.2 Å². The van der Waals surface area contributed by atoms with Crippen LogP contribution in [0, 0.1) is 21.8 Å². The summed E-state index contributed by atoms with van der Waals surface area (Å²) in [6.45, 7) is 1.90. The van der Waals surface area contributed by atoms with E-state index in [0.717, 1.165) is 25.0 Å². The van der Waals surface area contributed by atoms with Gasteiger partial charge in [-0.2, -0.15) is 4.39 Å². The van der Waals surface area contributed by atoms with Crippen molar-refractivity contribution in [3.05, 3.63) is 39.7 Å². The predicted molar refractivity (Wildman–Crippen MR) is 62.7 cm³/mol. The van der Waals surface area contributed by atoms with Gasteiger partial charge in [-0.05, 0) is 37.8 Å². The molecule has 0 radical (unpaired) electrons. The van der Waals surface area contributed by atoms with Crippen molar-refractivity contribution in [3.8, 4) is 0 Å². The maximum absolute atomic E-state index is 13.1. The Morgan fingerprint density at radius 1 is 1.56 bits per heavy atom. The molecule has 5 nitrogen and oxygen atoms in total. The van der Waals surface area contributed by atoms with Gasteiger partial charge in [0.1, 0.15) is 0 Å². The van der Waals surface area contributed by atoms with Crippen molar-refractivity contribution in [1.29, 1.82) is 0 Å². The van der Waals surface area contributed by atoms with Gasteiger partial charge >= 0.3 is 5.69 Å². The molecule has 1 unspecified atom stereocenters. The van der Waals surface area contributed by atoms with E-state index in [1.807, 2.05) is 6.92 Å². The molecule has 0 aromatic heterocycles. The lowest BCUT2D eigenvalue weighted by molar-refractivity contribution is -0.387. The topological polar surface area (TPSA) is 72.2 Å². The van der Waals surface area contributed by atoms with E-state index in [1.54, 1.807) is 0 Å². The van der Waals surface area contributed by atoms with Crippen molar-refractivity contribution in [2.24, 2.45) is 5.92 Å². The second-order valence-electron chi connectivity index (χ2n) is 4.52. The number of amides is 1. The zero-order valence-electron chi connectivity index (χ0n) is 9.85. The third kappa shape index (κ3) is 2.64. The van der Waals surface area contributed by atoms with Crippen molar-refractivity contribution in [3.63, 3.8) is 0 Å². The SMILES string of the molecule is CC(NC(=O)c1ccc(F)c([N+](=O)[O-])c1)C1CC1. The average molecular weight is 252 g/mol. The minimum Gasteiger partial charge on any atom is -0.349 e. The van der Waals surface area contributed by atoms with Gasteiger partial charge in [0.05, 0.1) is 4.92 Å². The molecule has 0 saturated heterocycles. The first kappa shape index (κ1) is 12.5. The number of carbonyl (C=O) groups excluding carboxylic acids is 1.